The quantitative estimate of drug-likeness (QED) is 0.495. The molecule has 0 atom stereocenters. The van der Waals surface area contributed by atoms with Crippen LogP contribution in [0.4, 0.5) is 0 Å². The SMILES string of the molecule is C/C=C(/C(=O)N(C)OCC)C(C)C. The van der Waals surface area contributed by atoms with Gasteiger partial charge in [0.1, 0.15) is 0 Å². The van der Waals surface area contributed by atoms with Crippen LogP contribution in [0.2, 0.25) is 0 Å². The third-order valence-electron chi connectivity index (χ3n) is 1.79. The Morgan fingerprint density at radius 1 is 1.54 bits per heavy atom. The fourth-order valence-corrected chi connectivity index (χ4v) is 1.14. The highest BCUT2D eigenvalue weighted by molar-refractivity contribution is 5.92. The molecule has 0 aromatic carbocycles. The second-order valence-corrected chi connectivity index (χ2v) is 3.12. The summed E-state index contributed by atoms with van der Waals surface area (Å²) in [5, 5.41) is 1.29. The number of hydrogen-bond acceptors (Lipinski definition) is 2. The van der Waals surface area contributed by atoms with E-state index in [0.29, 0.717) is 6.61 Å². The van der Waals surface area contributed by atoms with Crippen LogP contribution in [-0.2, 0) is 9.63 Å². The van der Waals surface area contributed by atoms with Gasteiger partial charge in [-0.2, -0.15) is 0 Å². The van der Waals surface area contributed by atoms with Crippen LogP contribution in [0.25, 0.3) is 0 Å². The molecule has 0 aliphatic heterocycles. The average Bonchev–Trinajstić information content (AvgIpc) is 2.05. The molecule has 76 valence electrons. The molecular formula is C10H19NO2. The molecule has 0 saturated heterocycles. The van der Waals surface area contributed by atoms with E-state index in [1.54, 1.807) is 7.05 Å². The van der Waals surface area contributed by atoms with Gasteiger partial charge in [0, 0.05) is 12.6 Å². The molecule has 0 fully saturated rings. The number of hydroxylamine groups is 2. The molecule has 0 rings (SSSR count). The smallest absolute Gasteiger partial charge is 0.271 e. The van der Waals surface area contributed by atoms with Crippen molar-refractivity contribution in [2.45, 2.75) is 27.7 Å². The zero-order valence-electron chi connectivity index (χ0n) is 9.13. The first-order chi connectivity index (χ1) is 6.04. The topological polar surface area (TPSA) is 29.5 Å². The third kappa shape index (κ3) is 3.59. The minimum atomic E-state index is -0.0562. The summed E-state index contributed by atoms with van der Waals surface area (Å²) in [6, 6.07) is 0. The van der Waals surface area contributed by atoms with E-state index >= 15 is 0 Å². The fourth-order valence-electron chi connectivity index (χ4n) is 1.14. The van der Waals surface area contributed by atoms with Crippen LogP contribution < -0.4 is 0 Å². The van der Waals surface area contributed by atoms with Crippen molar-refractivity contribution < 1.29 is 9.63 Å². The maximum absolute atomic E-state index is 11.6. The molecule has 3 heteroatoms. The van der Waals surface area contributed by atoms with Crippen LogP contribution in [0.5, 0.6) is 0 Å². The van der Waals surface area contributed by atoms with Crippen molar-refractivity contribution in [1.82, 2.24) is 5.06 Å². The van der Waals surface area contributed by atoms with E-state index in [1.807, 2.05) is 33.8 Å². The van der Waals surface area contributed by atoms with E-state index in [9.17, 15) is 4.79 Å². The molecule has 1 amide bonds. The van der Waals surface area contributed by atoms with E-state index in [2.05, 4.69) is 0 Å². The molecule has 0 aliphatic rings. The normalized spacial score (nSPS) is 12.0. The lowest BCUT2D eigenvalue weighted by atomic mass is 10.0. The molecule has 0 aromatic rings. The molecule has 0 aromatic heterocycles. The number of carbonyl (C=O) groups excluding carboxylic acids is 1. The van der Waals surface area contributed by atoms with E-state index in [1.165, 1.54) is 5.06 Å². The predicted octanol–water partition coefficient (Wildman–Crippen LogP) is 2.00. The summed E-state index contributed by atoms with van der Waals surface area (Å²) in [5.74, 6) is 0.180. The van der Waals surface area contributed by atoms with E-state index < -0.39 is 0 Å². The first kappa shape index (κ1) is 12.2. The lowest BCUT2D eigenvalue weighted by molar-refractivity contribution is -0.172. The Morgan fingerprint density at radius 2 is 2.08 bits per heavy atom. The van der Waals surface area contributed by atoms with Gasteiger partial charge in [-0.05, 0) is 19.8 Å². The predicted molar refractivity (Wildman–Crippen MR) is 53.0 cm³/mol. The van der Waals surface area contributed by atoms with Crippen molar-refractivity contribution in [3.05, 3.63) is 11.6 Å². The Bertz CT molecular complexity index is 197. The van der Waals surface area contributed by atoms with E-state index in [4.69, 9.17) is 4.84 Å². The number of nitrogens with zero attached hydrogens (tertiary/aromatic N) is 1. The zero-order valence-corrected chi connectivity index (χ0v) is 9.13. The lowest BCUT2D eigenvalue weighted by Crippen LogP contribution is -2.29. The van der Waals surface area contributed by atoms with Gasteiger partial charge in [-0.15, -0.1) is 0 Å². The van der Waals surface area contributed by atoms with Crippen molar-refractivity contribution in [3.63, 3.8) is 0 Å². The van der Waals surface area contributed by atoms with Gasteiger partial charge in [0.25, 0.3) is 5.91 Å². The van der Waals surface area contributed by atoms with Crippen molar-refractivity contribution in [2.75, 3.05) is 13.7 Å². The summed E-state index contributed by atoms with van der Waals surface area (Å²) < 4.78 is 0. The minimum absolute atomic E-state index is 0.0562. The molecule has 13 heavy (non-hydrogen) atoms. The second kappa shape index (κ2) is 5.75. The van der Waals surface area contributed by atoms with Crippen molar-refractivity contribution in [1.29, 1.82) is 0 Å². The molecule has 0 heterocycles. The number of likely N-dealkylation sites (N-methyl/N-ethyl adjacent to an activating group) is 1. The average molecular weight is 185 g/mol. The van der Waals surface area contributed by atoms with Gasteiger partial charge in [-0.1, -0.05) is 19.9 Å². The van der Waals surface area contributed by atoms with Crippen LogP contribution in [0.1, 0.15) is 27.7 Å². The molecule has 3 nitrogen and oxygen atoms in total. The number of allylic oxidation sites excluding steroid dienone is 1. The summed E-state index contributed by atoms with van der Waals surface area (Å²) in [6.45, 7) is 8.22. The van der Waals surface area contributed by atoms with Crippen molar-refractivity contribution in [3.8, 4) is 0 Å². The summed E-state index contributed by atoms with van der Waals surface area (Å²) in [6.07, 6.45) is 1.84. The highest BCUT2D eigenvalue weighted by Gasteiger charge is 2.16. The lowest BCUT2D eigenvalue weighted by Gasteiger charge is -2.19. The summed E-state index contributed by atoms with van der Waals surface area (Å²) >= 11 is 0. The van der Waals surface area contributed by atoms with Gasteiger partial charge in [0.05, 0.1) is 6.61 Å². The zero-order chi connectivity index (χ0) is 10.4. The highest BCUT2D eigenvalue weighted by atomic mass is 16.7. The molecule has 0 aliphatic carbocycles. The van der Waals surface area contributed by atoms with Crippen LogP contribution >= 0.6 is 0 Å². The number of hydrogen-bond donors (Lipinski definition) is 0. The van der Waals surface area contributed by atoms with Gasteiger partial charge >= 0.3 is 0 Å². The third-order valence-corrected chi connectivity index (χ3v) is 1.79. The van der Waals surface area contributed by atoms with Gasteiger partial charge in [-0.25, -0.2) is 5.06 Å². The van der Waals surface area contributed by atoms with Gasteiger partial charge in [0.15, 0.2) is 0 Å². The van der Waals surface area contributed by atoms with Crippen LogP contribution in [0.3, 0.4) is 0 Å². The Labute approximate surface area is 80.3 Å². The van der Waals surface area contributed by atoms with Crippen LogP contribution in [-0.4, -0.2) is 24.6 Å². The molecule has 0 saturated carbocycles. The van der Waals surface area contributed by atoms with Crippen molar-refractivity contribution in [2.24, 2.45) is 5.92 Å². The van der Waals surface area contributed by atoms with E-state index in [-0.39, 0.29) is 11.8 Å². The second-order valence-electron chi connectivity index (χ2n) is 3.12. The number of rotatable bonds is 4. The summed E-state index contributed by atoms with van der Waals surface area (Å²) in [4.78, 5) is 16.7. The van der Waals surface area contributed by atoms with Gasteiger partial charge in [-0.3, -0.25) is 9.63 Å². The number of carbonyl (C=O) groups is 1. The minimum Gasteiger partial charge on any atom is -0.271 e. The van der Waals surface area contributed by atoms with Gasteiger partial charge < -0.3 is 0 Å². The van der Waals surface area contributed by atoms with Gasteiger partial charge in [0.2, 0.25) is 0 Å². The Hall–Kier alpha value is -0.830. The standard InChI is InChI=1S/C10H19NO2/c1-6-9(8(3)4)10(12)11(5)13-7-2/h6,8H,7H2,1-5H3/b9-6+. The fraction of sp³-hybridized carbons (Fsp3) is 0.700. The first-order valence-electron chi connectivity index (χ1n) is 4.61. The Balaban J connectivity index is 4.39. The van der Waals surface area contributed by atoms with Crippen LogP contribution in [0, 0.1) is 5.92 Å². The molecule has 0 radical (unpaired) electrons. The maximum atomic E-state index is 11.6. The van der Waals surface area contributed by atoms with Crippen LogP contribution in [0.15, 0.2) is 11.6 Å². The molecular weight excluding hydrogens is 166 g/mol. The van der Waals surface area contributed by atoms with Crippen molar-refractivity contribution >= 4 is 5.91 Å². The molecule has 0 bridgehead atoms. The maximum Gasteiger partial charge on any atom is 0.273 e. The first-order valence-corrected chi connectivity index (χ1v) is 4.61. The molecule has 0 spiro atoms. The Kier molecular flexibility index (Phi) is 5.39. The Morgan fingerprint density at radius 3 is 2.38 bits per heavy atom. The van der Waals surface area contributed by atoms with E-state index in [0.717, 1.165) is 5.57 Å². The summed E-state index contributed by atoms with van der Waals surface area (Å²) in [5.41, 5.74) is 0.788. The molecule has 0 N–H and O–H groups in total. The monoisotopic (exact) mass is 185 g/mol. The highest BCUT2D eigenvalue weighted by Crippen LogP contribution is 2.12. The number of amides is 1. The molecule has 0 unspecified atom stereocenters. The largest absolute Gasteiger partial charge is 0.273 e. The summed E-state index contributed by atoms with van der Waals surface area (Å²) in [7, 11) is 1.64.